The third-order valence-electron chi connectivity index (χ3n) is 3.43. The van der Waals surface area contributed by atoms with Crippen molar-refractivity contribution in [2.24, 2.45) is 5.92 Å². The largest absolute Gasteiger partial charge is 0.469 e. The number of sulfonamides is 1. The van der Waals surface area contributed by atoms with E-state index >= 15 is 0 Å². The SMILES string of the molecule is COC(=O)CCCS(=O)(=O)N1CC(C)CCC1C. The van der Waals surface area contributed by atoms with Gasteiger partial charge in [0.1, 0.15) is 0 Å². The second-order valence-electron chi connectivity index (χ2n) is 5.10. The van der Waals surface area contributed by atoms with Crippen molar-refractivity contribution in [1.29, 1.82) is 0 Å². The molecule has 0 aromatic heterocycles. The van der Waals surface area contributed by atoms with Gasteiger partial charge in [0.15, 0.2) is 0 Å². The van der Waals surface area contributed by atoms with Crippen molar-refractivity contribution in [2.75, 3.05) is 19.4 Å². The number of rotatable bonds is 5. The lowest BCUT2D eigenvalue weighted by atomic mass is 9.97. The van der Waals surface area contributed by atoms with Crippen LogP contribution >= 0.6 is 0 Å². The van der Waals surface area contributed by atoms with Gasteiger partial charge in [0, 0.05) is 19.0 Å². The minimum absolute atomic E-state index is 0.0269. The van der Waals surface area contributed by atoms with Gasteiger partial charge in [0.05, 0.1) is 12.9 Å². The summed E-state index contributed by atoms with van der Waals surface area (Å²) in [6.45, 7) is 4.62. The van der Waals surface area contributed by atoms with Crippen molar-refractivity contribution in [3.8, 4) is 0 Å². The van der Waals surface area contributed by atoms with Crippen LogP contribution in [0.1, 0.15) is 39.5 Å². The molecule has 0 aliphatic carbocycles. The minimum Gasteiger partial charge on any atom is -0.469 e. The summed E-state index contributed by atoms with van der Waals surface area (Å²) in [6.07, 6.45) is 2.48. The topological polar surface area (TPSA) is 63.7 Å². The van der Waals surface area contributed by atoms with Gasteiger partial charge < -0.3 is 4.74 Å². The molecule has 1 saturated heterocycles. The van der Waals surface area contributed by atoms with E-state index in [2.05, 4.69) is 11.7 Å². The van der Waals surface area contributed by atoms with E-state index < -0.39 is 10.0 Å². The first kappa shape index (κ1) is 15.4. The molecule has 1 aliphatic rings. The lowest BCUT2D eigenvalue weighted by Crippen LogP contribution is -2.45. The molecule has 1 aliphatic heterocycles. The quantitative estimate of drug-likeness (QED) is 0.712. The Labute approximate surface area is 110 Å². The summed E-state index contributed by atoms with van der Waals surface area (Å²) in [4.78, 5) is 11.0. The lowest BCUT2D eigenvalue weighted by molar-refractivity contribution is -0.140. The second-order valence-corrected chi connectivity index (χ2v) is 7.14. The number of carbonyl (C=O) groups is 1. The highest BCUT2D eigenvalue weighted by molar-refractivity contribution is 7.89. The molecule has 0 bridgehead atoms. The molecule has 0 aromatic carbocycles. The van der Waals surface area contributed by atoms with E-state index in [1.807, 2.05) is 6.92 Å². The predicted octanol–water partition coefficient (Wildman–Crippen LogP) is 1.39. The summed E-state index contributed by atoms with van der Waals surface area (Å²) in [5.74, 6) is 0.0842. The van der Waals surface area contributed by atoms with Crippen molar-refractivity contribution in [3.05, 3.63) is 0 Å². The van der Waals surface area contributed by atoms with Crippen molar-refractivity contribution < 1.29 is 17.9 Å². The third kappa shape index (κ3) is 4.24. The number of hydrogen-bond donors (Lipinski definition) is 0. The number of carbonyl (C=O) groups excluding carboxylic acids is 1. The predicted molar refractivity (Wildman–Crippen MR) is 69.6 cm³/mol. The smallest absolute Gasteiger partial charge is 0.305 e. The standard InChI is InChI=1S/C12H23NO4S/c1-10-6-7-11(2)13(9-10)18(15,16)8-4-5-12(14)17-3/h10-11H,4-9H2,1-3H3. The van der Waals surface area contributed by atoms with Gasteiger partial charge in [0.25, 0.3) is 0 Å². The van der Waals surface area contributed by atoms with Gasteiger partial charge >= 0.3 is 5.97 Å². The Bertz CT molecular complexity index is 380. The number of nitrogens with zero attached hydrogens (tertiary/aromatic N) is 1. The fourth-order valence-corrected chi connectivity index (χ4v) is 4.13. The van der Waals surface area contributed by atoms with Gasteiger partial charge in [-0.15, -0.1) is 0 Å². The van der Waals surface area contributed by atoms with Crippen LogP contribution in [0, 0.1) is 5.92 Å². The summed E-state index contributed by atoms with van der Waals surface area (Å²) in [6, 6.07) is 0.0735. The Balaban J connectivity index is 2.54. The molecule has 1 fully saturated rings. The minimum atomic E-state index is -3.24. The van der Waals surface area contributed by atoms with Gasteiger partial charge in [-0.2, -0.15) is 4.31 Å². The maximum atomic E-state index is 12.2. The average Bonchev–Trinajstić information content (AvgIpc) is 2.31. The molecule has 2 atom stereocenters. The Morgan fingerprint density at radius 1 is 1.33 bits per heavy atom. The molecule has 1 heterocycles. The van der Waals surface area contributed by atoms with Crippen LogP contribution in [0.25, 0.3) is 0 Å². The monoisotopic (exact) mass is 277 g/mol. The number of hydrogen-bond acceptors (Lipinski definition) is 4. The van der Waals surface area contributed by atoms with Crippen LogP contribution in [0.5, 0.6) is 0 Å². The molecule has 5 nitrogen and oxygen atoms in total. The van der Waals surface area contributed by atoms with Crippen LogP contribution in [-0.2, 0) is 19.6 Å². The maximum absolute atomic E-state index is 12.2. The van der Waals surface area contributed by atoms with Crippen molar-refractivity contribution in [2.45, 2.75) is 45.6 Å². The molecule has 0 spiro atoms. The van der Waals surface area contributed by atoms with E-state index in [9.17, 15) is 13.2 Å². The number of methoxy groups -OCH3 is 1. The molecule has 6 heteroatoms. The number of ether oxygens (including phenoxy) is 1. The molecule has 0 saturated carbocycles. The first-order valence-electron chi connectivity index (χ1n) is 6.43. The van der Waals surface area contributed by atoms with E-state index in [-0.39, 0.29) is 24.2 Å². The van der Waals surface area contributed by atoms with Gasteiger partial charge in [-0.25, -0.2) is 8.42 Å². The summed E-state index contributed by atoms with van der Waals surface area (Å²) in [7, 11) is -1.93. The summed E-state index contributed by atoms with van der Waals surface area (Å²) in [5, 5.41) is 0. The van der Waals surface area contributed by atoms with Crippen molar-refractivity contribution in [1.82, 2.24) is 4.31 Å². The highest BCUT2D eigenvalue weighted by atomic mass is 32.2. The van der Waals surface area contributed by atoms with E-state index in [1.54, 1.807) is 4.31 Å². The maximum Gasteiger partial charge on any atom is 0.305 e. The molecular formula is C12H23NO4S. The summed E-state index contributed by atoms with van der Waals surface area (Å²) in [5.41, 5.74) is 0. The van der Waals surface area contributed by atoms with Crippen LogP contribution in [0.3, 0.4) is 0 Å². The molecule has 0 aromatic rings. The zero-order valence-electron chi connectivity index (χ0n) is 11.4. The highest BCUT2D eigenvalue weighted by Crippen LogP contribution is 2.24. The van der Waals surface area contributed by atoms with Gasteiger partial charge in [0.2, 0.25) is 10.0 Å². The summed E-state index contributed by atoms with van der Waals surface area (Å²) >= 11 is 0. The molecule has 18 heavy (non-hydrogen) atoms. The van der Waals surface area contributed by atoms with Gasteiger partial charge in [-0.1, -0.05) is 6.92 Å². The van der Waals surface area contributed by atoms with Crippen LogP contribution in [-0.4, -0.2) is 44.1 Å². The van der Waals surface area contributed by atoms with Crippen LogP contribution in [0.15, 0.2) is 0 Å². The average molecular weight is 277 g/mol. The first-order valence-corrected chi connectivity index (χ1v) is 8.04. The van der Waals surface area contributed by atoms with Gasteiger partial charge in [-0.05, 0) is 32.1 Å². The molecule has 2 unspecified atom stereocenters. The molecule has 0 amide bonds. The van der Waals surface area contributed by atoms with Crippen LogP contribution < -0.4 is 0 Å². The molecule has 0 N–H and O–H groups in total. The number of esters is 1. The third-order valence-corrected chi connectivity index (χ3v) is 5.46. The lowest BCUT2D eigenvalue weighted by Gasteiger charge is -2.35. The highest BCUT2D eigenvalue weighted by Gasteiger charge is 2.31. The molecular weight excluding hydrogens is 254 g/mol. The summed E-state index contributed by atoms with van der Waals surface area (Å²) < 4.78 is 30.5. The Hall–Kier alpha value is -0.620. The number of piperidine rings is 1. The Morgan fingerprint density at radius 2 is 2.00 bits per heavy atom. The molecule has 0 radical (unpaired) electrons. The fourth-order valence-electron chi connectivity index (χ4n) is 2.25. The normalized spacial score (nSPS) is 25.9. The second kappa shape index (κ2) is 6.52. The van der Waals surface area contributed by atoms with Crippen molar-refractivity contribution >= 4 is 16.0 Å². The Morgan fingerprint density at radius 3 is 2.61 bits per heavy atom. The van der Waals surface area contributed by atoms with Crippen LogP contribution in [0.4, 0.5) is 0 Å². The van der Waals surface area contributed by atoms with Crippen LogP contribution in [0.2, 0.25) is 0 Å². The van der Waals surface area contributed by atoms with E-state index in [0.717, 1.165) is 12.8 Å². The van der Waals surface area contributed by atoms with E-state index in [4.69, 9.17) is 0 Å². The first-order chi connectivity index (χ1) is 8.36. The van der Waals surface area contributed by atoms with E-state index in [0.29, 0.717) is 18.9 Å². The molecule has 1 rings (SSSR count). The zero-order chi connectivity index (χ0) is 13.8. The Kier molecular flexibility index (Phi) is 5.59. The zero-order valence-corrected chi connectivity index (χ0v) is 12.2. The van der Waals surface area contributed by atoms with E-state index in [1.165, 1.54) is 7.11 Å². The van der Waals surface area contributed by atoms with Crippen molar-refractivity contribution in [3.63, 3.8) is 0 Å². The fraction of sp³-hybridized carbons (Fsp3) is 0.917. The van der Waals surface area contributed by atoms with Gasteiger partial charge in [-0.3, -0.25) is 4.79 Å². The molecule has 106 valence electrons.